The zero-order valence-corrected chi connectivity index (χ0v) is 15.0. The Morgan fingerprint density at radius 2 is 1.96 bits per heavy atom. The van der Waals surface area contributed by atoms with Gasteiger partial charge in [0.2, 0.25) is 0 Å². The van der Waals surface area contributed by atoms with Gasteiger partial charge in [0.15, 0.2) is 0 Å². The highest BCUT2D eigenvalue weighted by molar-refractivity contribution is 5.79. The summed E-state index contributed by atoms with van der Waals surface area (Å²) in [7, 11) is 0. The Hall–Kier alpha value is -2.39. The molecular formula is C18H20F3N3O3. The van der Waals surface area contributed by atoms with Gasteiger partial charge in [0.1, 0.15) is 11.5 Å². The van der Waals surface area contributed by atoms with Gasteiger partial charge in [0.05, 0.1) is 5.69 Å². The number of nitrogens with one attached hydrogen (secondary N) is 1. The molecule has 0 saturated carbocycles. The third-order valence-electron chi connectivity index (χ3n) is 4.35. The summed E-state index contributed by atoms with van der Waals surface area (Å²) in [5.74, 6) is -1.86. The number of aromatic nitrogens is 1. The molecule has 1 saturated heterocycles. The largest absolute Gasteiger partial charge is 0.491 e. The molecule has 1 aromatic heterocycles. The SMILES string of the molecule is Cc1noc(C)c1-c1cc(CN2CCNCC2)cc(OC(=O)C(F)(F)F)c1. The minimum atomic E-state index is -5.06. The molecule has 2 aromatic rings. The number of alkyl halides is 3. The van der Waals surface area contributed by atoms with E-state index >= 15 is 0 Å². The molecule has 1 aliphatic rings. The molecule has 0 radical (unpaired) electrons. The van der Waals surface area contributed by atoms with Crippen LogP contribution < -0.4 is 10.1 Å². The van der Waals surface area contributed by atoms with Crippen molar-refractivity contribution < 1.29 is 27.2 Å². The molecule has 0 unspecified atom stereocenters. The zero-order valence-electron chi connectivity index (χ0n) is 15.0. The molecule has 2 heterocycles. The third-order valence-corrected chi connectivity index (χ3v) is 4.35. The fourth-order valence-corrected chi connectivity index (χ4v) is 3.14. The second-order valence-corrected chi connectivity index (χ2v) is 6.48. The van der Waals surface area contributed by atoms with Crippen molar-refractivity contribution in [1.29, 1.82) is 0 Å². The number of hydrogen-bond acceptors (Lipinski definition) is 6. The van der Waals surface area contributed by atoms with E-state index in [1.54, 1.807) is 13.8 Å². The number of hydrogen-bond donors (Lipinski definition) is 1. The van der Waals surface area contributed by atoms with Gasteiger partial charge in [-0.3, -0.25) is 4.90 Å². The maximum atomic E-state index is 12.6. The first-order valence-electron chi connectivity index (χ1n) is 8.53. The van der Waals surface area contributed by atoms with Gasteiger partial charge in [-0.05, 0) is 43.2 Å². The van der Waals surface area contributed by atoms with Crippen molar-refractivity contribution in [2.75, 3.05) is 26.2 Å². The average Bonchev–Trinajstić information content (AvgIpc) is 2.93. The van der Waals surface area contributed by atoms with Crippen LogP contribution >= 0.6 is 0 Å². The lowest BCUT2D eigenvalue weighted by Gasteiger charge is -2.27. The van der Waals surface area contributed by atoms with Gasteiger partial charge in [0, 0.05) is 38.3 Å². The summed E-state index contributed by atoms with van der Waals surface area (Å²) in [5.41, 5.74) is 2.64. The summed E-state index contributed by atoms with van der Waals surface area (Å²) >= 11 is 0. The standard InChI is InChI=1S/C18H20F3N3O3/c1-11-16(12(2)27-23-11)14-7-13(10-24-5-3-22-4-6-24)8-15(9-14)26-17(25)18(19,20)21/h7-9,22H,3-6,10H2,1-2H3. The topological polar surface area (TPSA) is 67.6 Å². The number of rotatable bonds is 4. The number of aryl methyl sites for hydroxylation is 2. The quantitative estimate of drug-likeness (QED) is 0.647. The maximum Gasteiger partial charge on any atom is 0.491 e. The number of benzene rings is 1. The lowest BCUT2D eigenvalue weighted by atomic mass is 10.0. The molecule has 0 atom stereocenters. The van der Waals surface area contributed by atoms with Crippen LogP contribution in [-0.4, -0.2) is 48.4 Å². The molecule has 0 bridgehead atoms. The average molecular weight is 383 g/mol. The van der Waals surface area contributed by atoms with Crippen LogP contribution in [0.25, 0.3) is 11.1 Å². The normalized spacial score (nSPS) is 15.7. The molecule has 0 aliphatic carbocycles. The van der Waals surface area contributed by atoms with Crippen LogP contribution in [0.4, 0.5) is 13.2 Å². The highest BCUT2D eigenvalue weighted by Gasteiger charge is 2.41. The van der Waals surface area contributed by atoms with Gasteiger partial charge in [-0.1, -0.05) is 5.16 Å². The molecular weight excluding hydrogens is 363 g/mol. The zero-order chi connectivity index (χ0) is 19.6. The van der Waals surface area contributed by atoms with Crippen molar-refractivity contribution in [1.82, 2.24) is 15.4 Å². The molecule has 9 heteroatoms. The fraction of sp³-hybridized carbons (Fsp3) is 0.444. The molecule has 3 rings (SSSR count). The summed E-state index contributed by atoms with van der Waals surface area (Å²) < 4.78 is 47.5. The first-order valence-corrected chi connectivity index (χ1v) is 8.53. The first-order chi connectivity index (χ1) is 12.7. The van der Waals surface area contributed by atoms with E-state index in [0.29, 0.717) is 29.1 Å². The molecule has 27 heavy (non-hydrogen) atoms. The number of carbonyl (C=O) groups excluding carboxylic acids is 1. The Balaban J connectivity index is 1.95. The molecule has 1 N–H and O–H groups in total. The minimum Gasteiger partial charge on any atom is -0.420 e. The summed E-state index contributed by atoms with van der Waals surface area (Å²) in [4.78, 5) is 13.4. The van der Waals surface area contributed by atoms with Crippen molar-refractivity contribution in [2.24, 2.45) is 0 Å². The van der Waals surface area contributed by atoms with Crippen LogP contribution in [-0.2, 0) is 11.3 Å². The van der Waals surface area contributed by atoms with Crippen molar-refractivity contribution >= 4 is 5.97 Å². The Morgan fingerprint density at radius 3 is 2.56 bits per heavy atom. The summed E-state index contributed by atoms with van der Waals surface area (Å²) in [6.07, 6.45) is -5.06. The predicted octanol–water partition coefficient (Wildman–Crippen LogP) is 2.83. The lowest BCUT2D eigenvalue weighted by molar-refractivity contribution is -0.189. The van der Waals surface area contributed by atoms with Crippen LogP contribution in [0.2, 0.25) is 0 Å². The van der Waals surface area contributed by atoms with Gasteiger partial charge in [-0.25, -0.2) is 4.79 Å². The van der Waals surface area contributed by atoms with Crippen LogP contribution in [0.15, 0.2) is 22.7 Å². The number of ether oxygens (including phenoxy) is 1. The van der Waals surface area contributed by atoms with Gasteiger partial charge >= 0.3 is 12.1 Å². The Morgan fingerprint density at radius 1 is 1.26 bits per heavy atom. The Labute approximate surface area is 154 Å². The smallest absolute Gasteiger partial charge is 0.420 e. The van der Waals surface area contributed by atoms with E-state index in [9.17, 15) is 18.0 Å². The highest BCUT2D eigenvalue weighted by atomic mass is 19.4. The monoisotopic (exact) mass is 383 g/mol. The van der Waals surface area contributed by atoms with E-state index in [0.717, 1.165) is 31.7 Å². The van der Waals surface area contributed by atoms with E-state index in [-0.39, 0.29) is 5.75 Å². The minimum absolute atomic E-state index is 0.153. The second-order valence-electron chi connectivity index (χ2n) is 6.48. The predicted molar refractivity (Wildman–Crippen MR) is 91.2 cm³/mol. The number of carbonyl (C=O) groups is 1. The van der Waals surface area contributed by atoms with Crippen LogP contribution in [0.3, 0.4) is 0 Å². The fourth-order valence-electron chi connectivity index (χ4n) is 3.14. The highest BCUT2D eigenvalue weighted by Crippen LogP contribution is 2.32. The van der Waals surface area contributed by atoms with E-state index < -0.39 is 12.1 Å². The van der Waals surface area contributed by atoms with Crippen molar-refractivity contribution in [3.05, 3.63) is 35.2 Å². The molecule has 1 aliphatic heterocycles. The third kappa shape index (κ3) is 4.67. The number of piperazine rings is 1. The van der Waals surface area contributed by atoms with Crippen LogP contribution in [0.1, 0.15) is 17.0 Å². The van der Waals surface area contributed by atoms with E-state index in [1.807, 2.05) is 6.07 Å². The lowest BCUT2D eigenvalue weighted by Crippen LogP contribution is -2.42. The van der Waals surface area contributed by atoms with Gasteiger partial charge in [-0.15, -0.1) is 0 Å². The number of esters is 1. The summed E-state index contributed by atoms with van der Waals surface area (Å²) in [6.45, 7) is 7.35. The Bertz CT molecular complexity index is 807. The van der Waals surface area contributed by atoms with Crippen molar-refractivity contribution in [3.8, 4) is 16.9 Å². The molecule has 0 spiro atoms. The van der Waals surface area contributed by atoms with Crippen LogP contribution in [0, 0.1) is 13.8 Å². The van der Waals surface area contributed by atoms with E-state index in [2.05, 4.69) is 20.1 Å². The molecule has 1 fully saturated rings. The Kier molecular flexibility index (Phi) is 5.52. The summed E-state index contributed by atoms with van der Waals surface area (Å²) in [5, 5.41) is 7.13. The van der Waals surface area contributed by atoms with Gasteiger partial charge < -0.3 is 14.6 Å². The van der Waals surface area contributed by atoms with Gasteiger partial charge in [-0.2, -0.15) is 13.2 Å². The number of halogens is 3. The maximum absolute atomic E-state index is 12.6. The second kappa shape index (κ2) is 7.69. The molecule has 146 valence electrons. The molecule has 6 nitrogen and oxygen atoms in total. The van der Waals surface area contributed by atoms with Crippen molar-refractivity contribution in [3.63, 3.8) is 0 Å². The first kappa shape index (κ1) is 19.4. The van der Waals surface area contributed by atoms with E-state index in [1.165, 1.54) is 12.1 Å². The van der Waals surface area contributed by atoms with Crippen molar-refractivity contribution in [2.45, 2.75) is 26.6 Å². The van der Waals surface area contributed by atoms with Crippen LogP contribution in [0.5, 0.6) is 5.75 Å². The van der Waals surface area contributed by atoms with Gasteiger partial charge in [0.25, 0.3) is 0 Å². The summed E-state index contributed by atoms with van der Waals surface area (Å²) in [6, 6.07) is 4.73. The number of nitrogens with zero attached hydrogens (tertiary/aromatic N) is 2. The molecule has 0 amide bonds. The van der Waals surface area contributed by atoms with E-state index in [4.69, 9.17) is 4.52 Å². The molecule has 1 aromatic carbocycles.